The van der Waals surface area contributed by atoms with Crippen LogP contribution in [0.3, 0.4) is 0 Å². The molecule has 3 nitrogen and oxygen atoms in total. The first-order chi connectivity index (χ1) is 8.38. The highest BCUT2D eigenvalue weighted by Gasteiger charge is 2.15. The first-order valence-electron chi connectivity index (χ1n) is 6.36. The Morgan fingerprint density at radius 1 is 1.41 bits per heavy atom. The van der Waals surface area contributed by atoms with Gasteiger partial charge in [-0.25, -0.2) is 0 Å². The minimum atomic E-state index is 0.285. The molecule has 0 aromatic heterocycles. The van der Waals surface area contributed by atoms with Crippen molar-refractivity contribution < 1.29 is 9.47 Å². The fraction of sp³-hybridized carbons (Fsp3) is 0.571. The van der Waals surface area contributed by atoms with E-state index in [1.54, 1.807) is 0 Å². The molecule has 0 amide bonds. The second-order valence-electron chi connectivity index (χ2n) is 4.40. The van der Waals surface area contributed by atoms with Crippen molar-refractivity contribution in [2.24, 2.45) is 0 Å². The Balaban J connectivity index is 1.82. The zero-order valence-corrected chi connectivity index (χ0v) is 10.4. The molecule has 94 valence electrons. The number of hydrogen-bond donors (Lipinski definition) is 1. The minimum Gasteiger partial charge on any atom is -0.379 e. The number of benzene rings is 1. The van der Waals surface area contributed by atoms with Crippen LogP contribution >= 0.6 is 0 Å². The van der Waals surface area contributed by atoms with Gasteiger partial charge in [0.15, 0.2) is 0 Å². The lowest BCUT2D eigenvalue weighted by atomic mass is 10.1. The van der Waals surface area contributed by atoms with E-state index in [0.717, 1.165) is 32.7 Å². The van der Waals surface area contributed by atoms with Gasteiger partial charge in [0, 0.05) is 13.2 Å². The molecule has 17 heavy (non-hydrogen) atoms. The van der Waals surface area contributed by atoms with Crippen LogP contribution < -0.4 is 5.32 Å². The summed E-state index contributed by atoms with van der Waals surface area (Å²) < 4.78 is 11.1. The van der Waals surface area contributed by atoms with Crippen molar-refractivity contribution in [3.8, 4) is 0 Å². The zero-order chi connectivity index (χ0) is 11.9. The van der Waals surface area contributed by atoms with E-state index < -0.39 is 0 Å². The molecule has 1 atom stereocenters. The second kappa shape index (κ2) is 6.74. The van der Waals surface area contributed by atoms with Gasteiger partial charge in [-0.05, 0) is 24.1 Å². The molecule has 0 saturated carbocycles. The summed E-state index contributed by atoms with van der Waals surface area (Å²) in [5.74, 6) is 0. The molecule has 0 radical (unpaired) electrons. The summed E-state index contributed by atoms with van der Waals surface area (Å²) in [5, 5.41) is 3.33. The maximum atomic E-state index is 5.80. The molecule has 1 heterocycles. The van der Waals surface area contributed by atoms with Crippen molar-refractivity contribution >= 4 is 0 Å². The normalized spacial score (nSPS) is 19.7. The van der Waals surface area contributed by atoms with Gasteiger partial charge >= 0.3 is 0 Å². The average Bonchev–Trinajstić information content (AvgIpc) is 2.87. The Hall–Kier alpha value is -0.900. The Bertz CT molecular complexity index is 335. The number of rotatable bonds is 6. The SMILES string of the molecule is CCNCc1cccc(COC2CCOC2)c1. The Kier molecular flexibility index (Phi) is 4.98. The molecule has 1 unspecified atom stereocenters. The zero-order valence-electron chi connectivity index (χ0n) is 10.4. The lowest BCUT2D eigenvalue weighted by Crippen LogP contribution is -2.13. The van der Waals surface area contributed by atoms with E-state index in [0.29, 0.717) is 6.61 Å². The van der Waals surface area contributed by atoms with Crippen LogP contribution in [0.4, 0.5) is 0 Å². The van der Waals surface area contributed by atoms with Crippen LogP contribution in [0.2, 0.25) is 0 Å². The van der Waals surface area contributed by atoms with E-state index in [1.807, 2.05) is 0 Å². The Morgan fingerprint density at radius 3 is 3.06 bits per heavy atom. The van der Waals surface area contributed by atoms with Crippen molar-refractivity contribution in [1.82, 2.24) is 5.32 Å². The number of ether oxygens (including phenoxy) is 2. The molecule has 0 bridgehead atoms. The fourth-order valence-electron chi connectivity index (χ4n) is 1.96. The van der Waals surface area contributed by atoms with Gasteiger partial charge in [0.2, 0.25) is 0 Å². The largest absolute Gasteiger partial charge is 0.379 e. The van der Waals surface area contributed by atoms with Crippen molar-refractivity contribution in [3.63, 3.8) is 0 Å². The fourth-order valence-corrected chi connectivity index (χ4v) is 1.96. The Morgan fingerprint density at radius 2 is 2.29 bits per heavy atom. The van der Waals surface area contributed by atoms with Gasteiger partial charge in [0.05, 0.1) is 19.3 Å². The topological polar surface area (TPSA) is 30.5 Å². The molecule has 2 rings (SSSR count). The lowest BCUT2D eigenvalue weighted by Gasteiger charge is -2.10. The highest BCUT2D eigenvalue weighted by atomic mass is 16.5. The third kappa shape index (κ3) is 4.11. The summed E-state index contributed by atoms with van der Waals surface area (Å²) >= 11 is 0. The molecule has 1 saturated heterocycles. The van der Waals surface area contributed by atoms with E-state index in [1.165, 1.54) is 11.1 Å². The van der Waals surface area contributed by atoms with E-state index in [4.69, 9.17) is 9.47 Å². The van der Waals surface area contributed by atoms with Crippen LogP contribution in [0.5, 0.6) is 0 Å². The van der Waals surface area contributed by atoms with Crippen molar-refractivity contribution in [2.75, 3.05) is 19.8 Å². The van der Waals surface area contributed by atoms with E-state index >= 15 is 0 Å². The number of hydrogen-bond acceptors (Lipinski definition) is 3. The first kappa shape index (κ1) is 12.6. The molecule has 1 aromatic carbocycles. The Labute approximate surface area is 103 Å². The second-order valence-corrected chi connectivity index (χ2v) is 4.40. The molecule has 1 aromatic rings. The van der Waals surface area contributed by atoms with Gasteiger partial charge in [0.25, 0.3) is 0 Å². The van der Waals surface area contributed by atoms with E-state index in [2.05, 4.69) is 36.5 Å². The minimum absolute atomic E-state index is 0.285. The quantitative estimate of drug-likeness (QED) is 0.819. The van der Waals surface area contributed by atoms with Gasteiger partial charge in [-0.15, -0.1) is 0 Å². The monoisotopic (exact) mass is 235 g/mol. The lowest BCUT2D eigenvalue weighted by molar-refractivity contribution is 0.0317. The molecule has 1 aliphatic rings. The molecule has 3 heteroatoms. The van der Waals surface area contributed by atoms with Crippen molar-refractivity contribution in [3.05, 3.63) is 35.4 Å². The summed E-state index contributed by atoms with van der Waals surface area (Å²) in [4.78, 5) is 0. The molecule has 0 aliphatic carbocycles. The van der Waals surface area contributed by atoms with Gasteiger partial charge in [-0.1, -0.05) is 31.2 Å². The summed E-state index contributed by atoms with van der Waals surface area (Å²) in [7, 11) is 0. The van der Waals surface area contributed by atoms with Crippen LogP contribution in [0.25, 0.3) is 0 Å². The molecular formula is C14H21NO2. The first-order valence-corrected chi connectivity index (χ1v) is 6.36. The molecule has 1 N–H and O–H groups in total. The van der Waals surface area contributed by atoms with Gasteiger partial charge in [0.1, 0.15) is 0 Å². The van der Waals surface area contributed by atoms with Crippen LogP contribution in [0.1, 0.15) is 24.5 Å². The van der Waals surface area contributed by atoms with Crippen LogP contribution in [-0.4, -0.2) is 25.9 Å². The summed E-state index contributed by atoms with van der Waals surface area (Å²) in [6.45, 7) is 6.32. The highest BCUT2D eigenvalue weighted by Crippen LogP contribution is 2.12. The summed E-state index contributed by atoms with van der Waals surface area (Å²) in [6.07, 6.45) is 1.31. The maximum absolute atomic E-state index is 5.80. The molecule has 1 fully saturated rings. The summed E-state index contributed by atoms with van der Waals surface area (Å²) in [5.41, 5.74) is 2.56. The smallest absolute Gasteiger partial charge is 0.0834 e. The van der Waals surface area contributed by atoms with Gasteiger partial charge < -0.3 is 14.8 Å². The van der Waals surface area contributed by atoms with Gasteiger partial charge in [-0.3, -0.25) is 0 Å². The molecular weight excluding hydrogens is 214 g/mol. The third-order valence-corrected chi connectivity index (χ3v) is 2.94. The van der Waals surface area contributed by atoms with Crippen LogP contribution in [-0.2, 0) is 22.6 Å². The summed E-state index contributed by atoms with van der Waals surface area (Å²) in [6, 6.07) is 8.56. The predicted molar refractivity (Wildman–Crippen MR) is 67.8 cm³/mol. The van der Waals surface area contributed by atoms with E-state index in [9.17, 15) is 0 Å². The molecule has 0 spiro atoms. The predicted octanol–water partition coefficient (Wildman–Crippen LogP) is 2.10. The van der Waals surface area contributed by atoms with Gasteiger partial charge in [-0.2, -0.15) is 0 Å². The van der Waals surface area contributed by atoms with Crippen LogP contribution in [0, 0.1) is 0 Å². The standard InChI is InChI=1S/C14H21NO2/c1-2-15-9-12-4-3-5-13(8-12)10-17-14-6-7-16-11-14/h3-5,8,14-15H,2,6-7,9-11H2,1H3. The van der Waals surface area contributed by atoms with E-state index in [-0.39, 0.29) is 6.10 Å². The number of nitrogens with one attached hydrogen (secondary N) is 1. The average molecular weight is 235 g/mol. The van der Waals surface area contributed by atoms with Crippen LogP contribution in [0.15, 0.2) is 24.3 Å². The van der Waals surface area contributed by atoms with Crippen molar-refractivity contribution in [2.45, 2.75) is 32.6 Å². The maximum Gasteiger partial charge on any atom is 0.0834 e. The molecule has 1 aliphatic heterocycles. The highest BCUT2D eigenvalue weighted by molar-refractivity contribution is 5.22. The third-order valence-electron chi connectivity index (χ3n) is 2.94. The van der Waals surface area contributed by atoms with Crippen molar-refractivity contribution in [1.29, 1.82) is 0 Å².